The summed E-state index contributed by atoms with van der Waals surface area (Å²) in [7, 11) is 0. The minimum atomic E-state index is -0.240. The number of hydrogen-bond acceptors (Lipinski definition) is 5. The number of nitrogens with two attached hydrogens (primary N) is 1. The second-order valence-corrected chi connectivity index (χ2v) is 6.84. The zero-order valence-electron chi connectivity index (χ0n) is 13.1. The Morgan fingerprint density at radius 1 is 1.32 bits per heavy atom. The maximum Gasteiger partial charge on any atom is 0.230 e. The van der Waals surface area contributed by atoms with Crippen LogP contribution in [-0.2, 0) is 17.8 Å². The summed E-state index contributed by atoms with van der Waals surface area (Å²) in [5.74, 6) is 0.677. The number of aromatic nitrogens is 1. The highest BCUT2D eigenvalue weighted by molar-refractivity contribution is 7.09. The third kappa shape index (κ3) is 5.13. The van der Waals surface area contributed by atoms with E-state index in [-0.39, 0.29) is 17.9 Å². The van der Waals surface area contributed by atoms with Crippen molar-refractivity contribution >= 4 is 22.9 Å². The predicted octanol–water partition coefficient (Wildman–Crippen LogP) is 2.96. The molecule has 0 unspecified atom stereocenters. The van der Waals surface area contributed by atoms with E-state index in [1.54, 1.807) is 0 Å². The summed E-state index contributed by atoms with van der Waals surface area (Å²) in [5, 5.41) is 5.55. The number of carbonyl (C=O) groups is 1. The lowest BCUT2D eigenvalue weighted by Gasteiger charge is -2.21. The summed E-state index contributed by atoms with van der Waals surface area (Å²) in [6, 6.07) is 7.34. The molecule has 1 heterocycles. The van der Waals surface area contributed by atoms with Crippen molar-refractivity contribution in [1.82, 2.24) is 4.98 Å². The summed E-state index contributed by atoms with van der Waals surface area (Å²) >= 11 is 1.47. The van der Waals surface area contributed by atoms with Gasteiger partial charge in [0.1, 0.15) is 16.4 Å². The number of rotatable bonds is 5. The van der Waals surface area contributed by atoms with Gasteiger partial charge < -0.3 is 15.8 Å². The number of thiazole rings is 1. The molecule has 1 aromatic heterocycles. The number of ether oxygens (including phenoxy) is 1. The van der Waals surface area contributed by atoms with E-state index < -0.39 is 0 Å². The van der Waals surface area contributed by atoms with Gasteiger partial charge in [0.05, 0.1) is 12.1 Å². The van der Waals surface area contributed by atoms with Gasteiger partial charge in [-0.05, 0) is 45.0 Å². The lowest BCUT2D eigenvalue weighted by Crippen LogP contribution is -2.22. The second kappa shape index (κ2) is 6.89. The predicted molar refractivity (Wildman–Crippen MR) is 89.2 cm³/mol. The van der Waals surface area contributed by atoms with Gasteiger partial charge in [-0.2, -0.15) is 0 Å². The fourth-order valence-electron chi connectivity index (χ4n) is 1.85. The van der Waals surface area contributed by atoms with Crippen LogP contribution in [0.1, 0.15) is 31.5 Å². The van der Waals surface area contributed by atoms with Gasteiger partial charge in [0, 0.05) is 17.6 Å². The molecule has 0 radical (unpaired) electrons. The first-order valence-corrected chi connectivity index (χ1v) is 7.96. The molecule has 0 aliphatic heterocycles. The Kier molecular flexibility index (Phi) is 5.15. The highest BCUT2D eigenvalue weighted by atomic mass is 32.1. The van der Waals surface area contributed by atoms with E-state index >= 15 is 0 Å². The van der Waals surface area contributed by atoms with E-state index in [9.17, 15) is 4.79 Å². The number of anilines is 1. The highest BCUT2D eigenvalue weighted by Gasteiger charge is 2.12. The van der Waals surface area contributed by atoms with Crippen molar-refractivity contribution < 1.29 is 9.53 Å². The molecule has 0 spiro atoms. The standard InChI is InChI=1S/C16H21N3O2S/c1-16(2,3)21-13-6-4-11(5-7-13)18-14(20)8-12-10-22-15(9-17)19-12/h4-7,10H,8-9,17H2,1-3H3,(H,18,20). The van der Waals surface area contributed by atoms with Crippen molar-refractivity contribution in [3.05, 3.63) is 40.3 Å². The molecule has 1 aromatic carbocycles. The van der Waals surface area contributed by atoms with Gasteiger partial charge in [-0.25, -0.2) is 4.98 Å². The highest BCUT2D eigenvalue weighted by Crippen LogP contribution is 2.20. The molecule has 0 bridgehead atoms. The lowest BCUT2D eigenvalue weighted by molar-refractivity contribution is -0.115. The van der Waals surface area contributed by atoms with E-state index in [1.165, 1.54) is 11.3 Å². The molecule has 0 fully saturated rings. The summed E-state index contributed by atoms with van der Waals surface area (Å²) in [6.45, 7) is 6.38. The number of carbonyl (C=O) groups excluding carboxylic acids is 1. The Balaban J connectivity index is 1.91. The van der Waals surface area contributed by atoms with Crippen LogP contribution in [0.2, 0.25) is 0 Å². The van der Waals surface area contributed by atoms with Crippen molar-refractivity contribution in [2.75, 3.05) is 5.32 Å². The molecule has 0 atom stereocenters. The Bertz CT molecular complexity index is 630. The van der Waals surface area contributed by atoms with Crippen LogP contribution in [0.15, 0.2) is 29.6 Å². The Morgan fingerprint density at radius 3 is 2.55 bits per heavy atom. The van der Waals surface area contributed by atoms with E-state index in [2.05, 4.69) is 10.3 Å². The summed E-state index contributed by atoms with van der Waals surface area (Å²) in [5.41, 5.74) is 6.75. The van der Waals surface area contributed by atoms with E-state index in [0.29, 0.717) is 6.54 Å². The first-order valence-electron chi connectivity index (χ1n) is 7.08. The van der Waals surface area contributed by atoms with Crippen LogP contribution in [0.5, 0.6) is 5.75 Å². The molecule has 0 aliphatic carbocycles. The smallest absolute Gasteiger partial charge is 0.230 e. The van der Waals surface area contributed by atoms with Crippen molar-refractivity contribution in [3.8, 4) is 5.75 Å². The Hall–Kier alpha value is -1.92. The number of hydrogen-bond donors (Lipinski definition) is 2. The van der Waals surface area contributed by atoms with Crippen molar-refractivity contribution in [2.24, 2.45) is 5.73 Å². The van der Waals surface area contributed by atoms with Gasteiger partial charge in [-0.1, -0.05) is 0 Å². The topological polar surface area (TPSA) is 77.2 Å². The van der Waals surface area contributed by atoms with Crippen LogP contribution in [0.25, 0.3) is 0 Å². The average molecular weight is 319 g/mol. The third-order valence-corrected chi connectivity index (χ3v) is 3.60. The first-order chi connectivity index (χ1) is 10.4. The Labute approximate surface area is 134 Å². The largest absolute Gasteiger partial charge is 0.488 e. The second-order valence-electron chi connectivity index (χ2n) is 5.90. The van der Waals surface area contributed by atoms with E-state index in [4.69, 9.17) is 10.5 Å². The number of nitrogens with zero attached hydrogens (tertiary/aromatic N) is 1. The molecule has 1 amide bonds. The molecule has 22 heavy (non-hydrogen) atoms. The van der Waals surface area contributed by atoms with Gasteiger partial charge in [-0.15, -0.1) is 11.3 Å². The van der Waals surface area contributed by atoms with Crippen LogP contribution >= 0.6 is 11.3 Å². The maximum atomic E-state index is 12.0. The van der Waals surface area contributed by atoms with Crippen molar-refractivity contribution in [3.63, 3.8) is 0 Å². The normalized spacial score (nSPS) is 11.3. The van der Waals surface area contributed by atoms with Gasteiger partial charge in [0.25, 0.3) is 0 Å². The third-order valence-electron chi connectivity index (χ3n) is 2.68. The number of benzene rings is 1. The van der Waals surface area contributed by atoms with Crippen LogP contribution in [0.3, 0.4) is 0 Å². The first kappa shape index (κ1) is 16.5. The molecule has 0 saturated carbocycles. The molecule has 6 heteroatoms. The molecule has 5 nitrogen and oxygen atoms in total. The monoisotopic (exact) mass is 319 g/mol. The quantitative estimate of drug-likeness (QED) is 0.888. The molecule has 2 aromatic rings. The SMILES string of the molecule is CC(C)(C)Oc1ccc(NC(=O)Cc2csc(CN)n2)cc1. The van der Waals surface area contributed by atoms with E-state index in [1.807, 2.05) is 50.4 Å². The van der Waals surface area contributed by atoms with Crippen LogP contribution in [0, 0.1) is 0 Å². The van der Waals surface area contributed by atoms with E-state index in [0.717, 1.165) is 22.1 Å². The average Bonchev–Trinajstić information content (AvgIpc) is 2.87. The van der Waals surface area contributed by atoms with Crippen LogP contribution in [0.4, 0.5) is 5.69 Å². The Morgan fingerprint density at radius 2 is 2.00 bits per heavy atom. The molecule has 2 rings (SSSR count). The number of amides is 1. The minimum absolute atomic E-state index is 0.0987. The molecular weight excluding hydrogens is 298 g/mol. The summed E-state index contributed by atoms with van der Waals surface area (Å²) < 4.78 is 5.74. The molecule has 0 saturated heterocycles. The fraction of sp³-hybridized carbons (Fsp3) is 0.375. The maximum absolute atomic E-state index is 12.0. The van der Waals surface area contributed by atoms with Gasteiger partial charge in [-0.3, -0.25) is 4.79 Å². The zero-order chi connectivity index (χ0) is 16.2. The number of nitrogens with one attached hydrogen (secondary N) is 1. The lowest BCUT2D eigenvalue weighted by atomic mass is 10.2. The van der Waals surface area contributed by atoms with Gasteiger partial charge >= 0.3 is 0 Å². The van der Waals surface area contributed by atoms with Gasteiger partial charge in [0.2, 0.25) is 5.91 Å². The van der Waals surface area contributed by atoms with Crippen molar-refractivity contribution in [1.29, 1.82) is 0 Å². The van der Waals surface area contributed by atoms with Crippen LogP contribution in [-0.4, -0.2) is 16.5 Å². The zero-order valence-corrected chi connectivity index (χ0v) is 13.9. The summed E-state index contributed by atoms with van der Waals surface area (Å²) in [6.07, 6.45) is 0.247. The summed E-state index contributed by atoms with van der Waals surface area (Å²) in [4.78, 5) is 16.3. The molecular formula is C16H21N3O2S. The molecule has 0 aliphatic rings. The fourth-order valence-corrected chi connectivity index (χ4v) is 2.53. The van der Waals surface area contributed by atoms with Gasteiger partial charge in [0.15, 0.2) is 0 Å². The molecule has 118 valence electrons. The minimum Gasteiger partial charge on any atom is -0.488 e. The molecule has 3 N–H and O–H groups in total. The van der Waals surface area contributed by atoms with Crippen molar-refractivity contribution in [2.45, 2.75) is 39.3 Å². The van der Waals surface area contributed by atoms with Crippen LogP contribution < -0.4 is 15.8 Å².